The van der Waals surface area contributed by atoms with Crippen LogP contribution in [0.5, 0.6) is 11.5 Å². The van der Waals surface area contributed by atoms with Crippen molar-refractivity contribution in [1.82, 2.24) is 0 Å². The fourth-order valence-corrected chi connectivity index (χ4v) is 3.70. The molecule has 1 aromatic carbocycles. The van der Waals surface area contributed by atoms with Crippen LogP contribution < -0.4 is 9.47 Å². The number of hydrogen-bond acceptors (Lipinski definition) is 3. The van der Waals surface area contributed by atoms with Gasteiger partial charge >= 0.3 is 0 Å². The van der Waals surface area contributed by atoms with Crippen molar-refractivity contribution < 1.29 is 14.3 Å². The number of fused-ring (bicyclic) bond motifs is 1. The molecule has 1 fully saturated rings. The zero-order valence-electron chi connectivity index (χ0n) is 13.1. The quantitative estimate of drug-likeness (QED) is 0.843. The lowest BCUT2D eigenvalue weighted by Crippen LogP contribution is -2.35. The Morgan fingerprint density at radius 3 is 2.76 bits per heavy atom. The van der Waals surface area contributed by atoms with Gasteiger partial charge in [0.15, 0.2) is 11.5 Å². The van der Waals surface area contributed by atoms with Gasteiger partial charge in [-0.25, -0.2) is 0 Å². The summed E-state index contributed by atoms with van der Waals surface area (Å²) in [5.74, 6) is 2.82. The van der Waals surface area contributed by atoms with Crippen LogP contribution in [0.1, 0.15) is 45.6 Å². The molecule has 0 N–H and O–H groups in total. The van der Waals surface area contributed by atoms with Gasteiger partial charge in [-0.3, -0.25) is 4.79 Å². The Morgan fingerprint density at radius 1 is 1.29 bits per heavy atom. The second kappa shape index (κ2) is 5.36. The van der Waals surface area contributed by atoms with Crippen LogP contribution in [0, 0.1) is 17.3 Å². The Balaban J connectivity index is 1.71. The number of Topliss-reactive ketones (excluding diaryl/α,β-unsaturated/α-hetero) is 1. The lowest BCUT2D eigenvalue weighted by atomic mass is 9.66. The van der Waals surface area contributed by atoms with Crippen molar-refractivity contribution in [3.05, 3.63) is 23.8 Å². The standard InChI is InChI=1S/C18H24O3/c1-12(2)14-6-7-18(3,10-15(14)19)9-13-4-5-16-17(8-13)21-11-20-16/h4-5,8,12,14H,6-7,9-11H2,1-3H3. The summed E-state index contributed by atoms with van der Waals surface area (Å²) < 4.78 is 10.8. The minimum atomic E-state index is 0.0795. The minimum absolute atomic E-state index is 0.0795. The topological polar surface area (TPSA) is 35.5 Å². The first kappa shape index (κ1) is 14.4. The zero-order valence-corrected chi connectivity index (χ0v) is 13.1. The first-order valence-electron chi connectivity index (χ1n) is 7.88. The molecule has 3 heteroatoms. The molecule has 3 rings (SSSR count). The van der Waals surface area contributed by atoms with E-state index < -0.39 is 0 Å². The molecule has 1 heterocycles. The van der Waals surface area contributed by atoms with E-state index in [1.807, 2.05) is 6.07 Å². The molecule has 114 valence electrons. The Kier molecular flexibility index (Phi) is 3.68. The fraction of sp³-hybridized carbons (Fsp3) is 0.611. The molecule has 0 saturated heterocycles. The van der Waals surface area contributed by atoms with Crippen molar-refractivity contribution in [3.8, 4) is 11.5 Å². The van der Waals surface area contributed by atoms with E-state index in [9.17, 15) is 4.79 Å². The Hall–Kier alpha value is -1.51. The number of ketones is 1. The van der Waals surface area contributed by atoms with Crippen LogP contribution in [0.3, 0.4) is 0 Å². The van der Waals surface area contributed by atoms with Crippen molar-refractivity contribution in [3.63, 3.8) is 0 Å². The highest BCUT2D eigenvalue weighted by molar-refractivity contribution is 5.82. The second-order valence-corrected chi connectivity index (χ2v) is 7.21. The number of rotatable bonds is 3. The van der Waals surface area contributed by atoms with Gasteiger partial charge < -0.3 is 9.47 Å². The van der Waals surface area contributed by atoms with Gasteiger partial charge in [0.25, 0.3) is 0 Å². The maximum atomic E-state index is 12.4. The zero-order chi connectivity index (χ0) is 15.0. The number of hydrogen-bond donors (Lipinski definition) is 0. The monoisotopic (exact) mass is 288 g/mol. The van der Waals surface area contributed by atoms with Gasteiger partial charge in [-0.1, -0.05) is 26.8 Å². The average molecular weight is 288 g/mol. The van der Waals surface area contributed by atoms with Crippen LogP contribution in [-0.4, -0.2) is 12.6 Å². The van der Waals surface area contributed by atoms with Crippen LogP contribution >= 0.6 is 0 Å². The molecular formula is C18H24O3. The lowest BCUT2D eigenvalue weighted by molar-refractivity contribution is -0.129. The van der Waals surface area contributed by atoms with Crippen LogP contribution in [0.2, 0.25) is 0 Å². The highest BCUT2D eigenvalue weighted by atomic mass is 16.7. The predicted octanol–water partition coefficient (Wildman–Crippen LogP) is 3.99. The maximum Gasteiger partial charge on any atom is 0.231 e. The molecule has 0 radical (unpaired) electrons. The number of ether oxygens (including phenoxy) is 2. The summed E-state index contributed by atoms with van der Waals surface area (Å²) in [5.41, 5.74) is 1.31. The summed E-state index contributed by atoms with van der Waals surface area (Å²) in [7, 11) is 0. The molecule has 0 spiro atoms. The molecule has 0 amide bonds. The summed E-state index contributed by atoms with van der Waals surface area (Å²) in [5, 5.41) is 0. The van der Waals surface area contributed by atoms with Gasteiger partial charge in [-0.2, -0.15) is 0 Å². The van der Waals surface area contributed by atoms with Crippen LogP contribution in [0.25, 0.3) is 0 Å². The number of carbonyl (C=O) groups is 1. The van der Waals surface area contributed by atoms with Crippen molar-refractivity contribution >= 4 is 5.78 Å². The minimum Gasteiger partial charge on any atom is -0.454 e. The highest BCUT2D eigenvalue weighted by Crippen LogP contribution is 2.42. The summed E-state index contributed by atoms with van der Waals surface area (Å²) in [6.45, 7) is 6.86. The predicted molar refractivity (Wildman–Crippen MR) is 81.6 cm³/mol. The van der Waals surface area contributed by atoms with E-state index in [1.54, 1.807) is 0 Å². The smallest absolute Gasteiger partial charge is 0.231 e. The molecule has 2 aliphatic rings. The van der Waals surface area contributed by atoms with Gasteiger partial charge in [-0.15, -0.1) is 0 Å². The SMILES string of the molecule is CC(C)C1CCC(C)(Cc2ccc3c(c2)OCO3)CC1=O. The van der Waals surface area contributed by atoms with Gasteiger partial charge in [0.05, 0.1) is 0 Å². The second-order valence-electron chi connectivity index (χ2n) is 7.21. The normalized spacial score (nSPS) is 28.2. The van der Waals surface area contributed by atoms with E-state index in [0.717, 1.165) is 30.8 Å². The third-order valence-electron chi connectivity index (χ3n) is 4.95. The van der Waals surface area contributed by atoms with Crippen LogP contribution in [-0.2, 0) is 11.2 Å². The number of carbonyl (C=O) groups excluding carboxylic acids is 1. The molecule has 21 heavy (non-hydrogen) atoms. The molecular weight excluding hydrogens is 264 g/mol. The molecule has 2 unspecified atom stereocenters. The summed E-state index contributed by atoms with van der Waals surface area (Å²) >= 11 is 0. The molecule has 0 bridgehead atoms. The average Bonchev–Trinajstić information content (AvgIpc) is 2.85. The first-order valence-corrected chi connectivity index (χ1v) is 7.88. The highest BCUT2D eigenvalue weighted by Gasteiger charge is 2.37. The van der Waals surface area contributed by atoms with Gasteiger partial charge in [0, 0.05) is 12.3 Å². The first-order chi connectivity index (χ1) is 9.97. The van der Waals surface area contributed by atoms with E-state index in [0.29, 0.717) is 24.9 Å². The van der Waals surface area contributed by atoms with E-state index in [-0.39, 0.29) is 11.3 Å². The Bertz CT molecular complexity index is 549. The maximum absolute atomic E-state index is 12.4. The van der Waals surface area contributed by atoms with E-state index >= 15 is 0 Å². The van der Waals surface area contributed by atoms with Crippen molar-refractivity contribution in [2.24, 2.45) is 17.3 Å². The molecule has 3 nitrogen and oxygen atoms in total. The molecule has 1 saturated carbocycles. The molecule has 2 atom stereocenters. The Morgan fingerprint density at radius 2 is 2.05 bits per heavy atom. The molecule has 0 aromatic heterocycles. The lowest BCUT2D eigenvalue weighted by Gasteiger charge is -2.38. The summed E-state index contributed by atoms with van der Waals surface area (Å²) in [6.07, 6.45) is 3.78. The van der Waals surface area contributed by atoms with Crippen molar-refractivity contribution in [2.75, 3.05) is 6.79 Å². The van der Waals surface area contributed by atoms with Gasteiger partial charge in [0.2, 0.25) is 6.79 Å². The summed E-state index contributed by atoms with van der Waals surface area (Å²) in [4.78, 5) is 12.4. The summed E-state index contributed by atoms with van der Waals surface area (Å²) in [6, 6.07) is 6.13. The van der Waals surface area contributed by atoms with E-state index in [1.165, 1.54) is 5.56 Å². The van der Waals surface area contributed by atoms with Gasteiger partial charge in [-0.05, 0) is 48.3 Å². The molecule has 1 aliphatic heterocycles. The molecule has 1 aromatic rings. The van der Waals surface area contributed by atoms with Gasteiger partial charge in [0.1, 0.15) is 5.78 Å². The third-order valence-corrected chi connectivity index (χ3v) is 4.95. The Labute approximate surface area is 126 Å². The number of benzene rings is 1. The largest absolute Gasteiger partial charge is 0.454 e. The van der Waals surface area contributed by atoms with Crippen molar-refractivity contribution in [1.29, 1.82) is 0 Å². The van der Waals surface area contributed by atoms with Crippen LogP contribution in [0.15, 0.2) is 18.2 Å². The third kappa shape index (κ3) is 2.92. The fourth-order valence-electron chi connectivity index (χ4n) is 3.70. The van der Waals surface area contributed by atoms with E-state index in [4.69, 9.17) is 9.47 Å². The van der Waals surface area contributed by atoms with Crippen LogP contribution in [0.4, 0.5) is 0 Å². The van der Waals surface area contributed by atoms with Crippen molar-refractivity contribution in [2.45, 2.75) is 46.5 Å². The molecule has 1 aliphatic carbocycles. The van der Waals surface area contributed by atoms with E-state index in [2.05, 4.69) is 32.9 Å².